The number of hydrogen-bond acceptors (Lipinski definition) is 3. The Morgan fingerprint density at radius 3 is 2.71 bits per heavy atom. The minimum Gasteiger partial charge on any atom is -0.472 e. The molecule has 2 aromatic rings. The molecule has 2 rings (SSSR count). The first-order chi connectivity index (χ1) is 8.29. The topological polar surface area (TPSA) is 51.2 Å². The van der Waals surface area contributed by atoms with Crippen LogP contribution in [0.1, 0.15) is 11.1 Å². The van der Waals surface area contributed by atoms with Crippen LogP contribution in [0.2, 0.25) is 0 Å². The molecule has 0 bridgehead atoms. The molecule has 0 amide bonds. The number of rotatable bonds is 5. The zero-order valence-corrected chi connectivity index (χ0v) is 9.40. The highest BCUT2D eigenvalue weighted by atomic mass is 19.1. The number of benzene rings is 1. The van der Waals surface area contributed by atoms with Gasteiger partial charge in [0.1, 0.15) is 5.82 Å². The van der Waals surface area contributed by atoms with Crippen LogP contribution in [-0.2, 0) is 12.8 Å². The van der Waals surface area contributed by atoms with Crippen LogP contribution in [0.4, 0.5) is 4.39 Å². The smallest absolute Gasteiger partial charge is 0.126 e. The van der Waals surface area contributed by atoms with Gasteiger partial charge in [0.2, 0.25) is 0 Å². The van der Waals surface area contributed by atoms with Crippen LogP contribution in [0.5, 0.6) is 0 Å². The van der Waals surface area contributed by atoms with E-state index < -0.39 is 0 Å². The van der Waals surface area contributed by atoms with Gasteiger partial charge in [-0.05, 0) is 36.1 Å². The molecule has 4 heteroatoms. The minimum absolute atomic E-state index is 0.00972. The second-order valence-electron chi connectivity index (χ2n) is 3.99. The maximum Gasteiger partial charge on any atom is 0.126 e. The molecule has 17 heavy (non-hydrogen) atoms. The summed E-state index contributed by atoms with van der Waals surface area (Å²) in [6.07, 6.45) is 4.55. The van der Waals surface area contributed by atoms with E-state index in [1.165, 1.54) is 6.07 Å². The van der Waals surface area contributed by atoms with Crippen molar-refractivity contribution in [1.82, 2.24) is 5.43 Å². The molecule has 1 unspecified atom stereocenters. The van der Waals surface area contributed by atoms with E-state index in [1.807, 2.05) is 12.1 Å². The lowest BCUT2D eigenvalue weighted by Gasteiger charge is -2.15. The molecule has 1 atom stereocenters. The fourth-order valence-electron chi connectivity index (χ4n) is 1.81. The van der Waals surface area contributed by atoms with Crippen LogP contribution in [0.25, 0.3) is 0 Å². The third-order valence-electron chi connectivity index (χ3n) is 2.72. The third-order valence-corrected chi connectivity index (χ3v) is 2.72. The molecular weight excluding hydrogens is 219 g/mol. The molecule has 3 nitrogen and oxygen atoms in total. The van der Waals surface area contributed by atoms with Crippen LogP contribution in [0, 0.1) is 5.82 Å². The molecule has 3 N–H and O–H groups in total. The molecule has 1 heterocycles. The molecule has 0 spiro atoms. The van der Waals surface area contributed by atoms with E-state index in [4.69, 9.17) is 10.3 Å². The fourth-order valence-corrected chi connectivity index (χ4v) is 1.81. The molecule has 0 aliphatic rings. The molecule has 0 radical (unpaired) electrons. The molecule has 1 aromatic heterocycles. The summed E-state index contributed by atoms with van der Waals surface area (Å²) in [5.74, 6) is 5.29. The van der Waals surface area contributed by atoms with Crippen LogP contribution in [-0.4, -0.2) is 6.04 Å². The largest absolute Gasteiger partial charge is 0.472 e. The quantitative estimate of drug-likeness (QED) is 0.615. The number of nitrogens with one attached hydrogen (secondary N) is 1. The van der Waals surface area contributed by atoms with Crippen molar-refractivity contribution >= 4 is 0 Å². The van der Waals surface area contributed by atoms with Gasteiger partial charge < -0.3 is 4.42 Å². The Morgan fingerprint density at radius 1 is 1.24 bits per heavy atom. The summed E-state index contributed by atoms with van der Waals surface area (Å²) in [6.45, 7) is 0. The van der Waals surface area contributed by atoms with E-state index >= 15 is 0 Å². The highest BCUT2D eigenvalue weighted by Gasteiger charge is 2.11. The normalized spacial score (nSPS) is 12.6. The van der Waals surface area contributed by atoms with Crippen LogP contribution < -0.4 is 11.3 Å². The molecule has 0 fully saturated rings. The highest BCUT2D eigenvalue weighted by molar-refractivity contribution is 5.19. The predicted molar refractivity (Wildman–Crippen MR) is 63.6 cm³/mol. The van der Waals surface area contributed by atoms with Crippen molar-refractivity contribution in [2.45, 2.75) is 18.9 Å². The van der Waals surface area contributed by atoms with Gasteiger partial charge in [-0.15, -0.1) is 0 Å². The summed E-state index contributed by atoms with van der Waals surface area (Å²) in [5.41, 5.74) is 4.42. The SMILES string of the molecule is NNC(Cc1ccoc1)Cc1ccccc1F. The van der Waals surface area contributed by atoms with Crippen molar-refractivity contribution in [3.05, 3.63) is 59.8 Å². The molecule has 0 saturated heterocycles. The Hall–Kier alpha value is -1.65. The first kappa shape index (κ1) is 11.8. The van der Waals surface area contributed by atoms with Crippen molar-refractivity contribution in [2.24, 2.45) is 5.84 Å². The van der Waals surface area contributed by atoms with Gasteiger partial charge in [0.05, 0.1) is 12.5 Å². The first-order valence-corrected chi connectivity index (χ1v) is 5.50. The Kier molecular flexibility index (Phi) is 3.90. The highest BCUT2D eigenvalue weighted by Crippen LogP contribution is 2.12. The number of hydrogen-bond donors (Lipinski definition) is 2. The van der Waals surface area contributed by atoms with E-state index in [0.717, 1.165) is 5.56 Å². The number of hydrazine groups is 1. The lowest BCUT2D eigenvalue weighted by atomic mass is 10.0. The molecule has 1 aromatic carbocycles. The fraction of sp³-hybridized carbons (Fsp3) is 0.231. The van der Waals surface area contributed by atoms with E-state index in [0.29, 0.717) is 18.4 Å². The summed E-state index contributed by atoms with van der Waals surface area (Å²) in [4.78, 5) is 0. The number of nitrogens with two attached hydrogens (primary N) is 1. The summed E-state index contributed by atoms with van der Waals surface area (Å²) in [5, 5.41) is 0. The summed E-state index contributed by atoms with van der Waals surface area (Å²) in [6, 6.07) is 8.61. The summed E-state index contributed by atoms with van der Waals surface area (Å²) < 4.78 is 18.5. The van der Waals surface area contributed by atoms with Crippen LogP contribution in [0.15, 0.2) is 47.3 Å². The van der Waals surface area contributed by atoms with E-state index in [2.05, 4.69) is 5.43 Å². The van der Waals surface area contributed by atoms with Crippen molar-refractivity contribution < 1.29 is 8.81 Å². The van der Waals surface area contributed by atoms with E-state index in [-0.39, 0.29) is 11.9 Å². The number of furan rings is 1. The van der Waals surface area contributed by atoms with Crippen molar-refractivity contribution in [1.29, 1.82) is 0 Å². The standard InChI is InChI=1S/C13H15FN2O/c14-13-4-2-1-3-11(13)8-12(16-15)7-10-5-6-17-9-10/h1-6,9,12,16H,7-8,15H2. The van der Waals surface area contributed by atoms with Gasteiger partial charge in [0.25, 0.3) is 0 Å². The van der Waals surface area contributed by atoms with Gasteiger partial charge in [-0.3, -0.25) is 11.3 Å². The lowest BCUT2D eigenvalue weighted by Crippen LogP contribution is -2.38. The van der Waals surface area contributed by atoms with Gasteiger partial charge in [-0.2, -0.15) is 0 Å². The Labute approximate surface area is 99.4 Å². The van der Waals surface area contributed by atoms with Crippen LogP contribution >= 0.6 is 0 Å². The van der Waals surface area contributed by atoms with Crippen LogP contribution in [0.3, 0.4) is 0 Å². The predicted octanol–water partition coefficient (Wildman–Crippen LogP) is 2.04. The second-order valence-corrected chi connectivity index (χ2v) is 3.99. The summed E-state index contributed by atoms with van der Waals surface area (Å²) in [7, 11) is 0. The monoisotopic (exact) mass is 234 g/mol. The van der Waals surface area contributed by atoms with E-state index in [9.17, 15) is 4.39 Å². The van der Waals surface area contributed by atoms with Gasteiger partial charge in [0, 0.05) is 6.04 Å². The Balaban J connectivity index is 2.03. The van der Waals surface area contributed by atoms with Gasteiger partial charge in [-0.1, -0.05) is 18.2 Å². The van der Waals surface area contributed by atoms with Gasteiger partial charge in [-0.25, -0.2) is 4.39 Å². The van der Waals surface area contributed by atoms with Crippen molar-refractivity contribution in [2.75, 3.05) is 0 Å². The molecule has 0 aliphatic carbocycles. The van der Waals surface area contributed by atoms with Gasteiger partial charge in [0.15, 0.2) is 0 Å². The molecule has 0 aliphatic heterocycles. The van der Waals surface area contributed by atoms with E-state index in [1.54, 1.807) is 24.7 Å². The zero-order chi connectivity index (χ0) is 12.1. The lowest BCUT2D eigenvalue weighted by molar-refractivity contribution is 0.501. The molecule has 0 saturated carbocycles. The van der Waals surface area contributed by atoms with Crippen molar-refractivity contribution in [3.63, 3.8) is 0 Å². The maximum atomic E-state index is 13.5. The Morgan fingerprint density at radius 2 is 2.06 bits per heavy atom. The average Bonchev–Trinajstić information content (AvgIpc) is 2.84. The minimum atomic E-state index is -0.194. The zero-order valence-electron chi connectivity index (χ0n) is 9.40. The molecular formula is C13H15FN2O. The molecule has 90 valence electrons. The maximum absolute atomic E-state index is 13.5. The third kappa shape index (κ3) is 3.15. The van der Waals surface area contributed by atoms with Crippen molar-refractivity contribution in [3.8, 4) is 0 Å². The second kappa shape index (κ2) is 5.61. The van der Waals surface area contributed by atoms with Gasteiger partial charge >= 0.3 is 0 Å². The number of halogens is 1. The summed E-state index contributed by atoms with van der Waals surface area (Å²) >= 11 is 0. The Bertz CT molecular complexity index is 456. The first-order valence-electron chi connectivity index (χ1n) is 5.50. The average molecular weight is 234 g/mol.